The highest BCUT2D eigenvalue weighted by Crippen LogP contribution is 2.35. The van der Waals surface area contributed by atoms with E-state index in [2.05, 4.69) is 20.9 Å². The second-order valence-electron chi connectivity index (χ2n) is 6.44. The van der Waals surface area contributed by atoms with E-state index in [4.69, 9.17) is 16.3 Å². The Balaban J connectivity index is 1.93. The van der Waals surface area contributed by atoms with Gasteiger partial charge in [0.25, 0.3) is 5.91 Å². The van der Waals surface area contributed by atoms with Crippen LogP contribution < -0.4 is 5.32 Å². The van der Waals surface area contributed by atoms with Gasteiger partial charge in [-0.25, -0.2) is 9.18 Å². The summed E-state index contributed by atoms with van der Waals surface area (Å²) < 4.78 is 58.9. The van der Waals surface area contributed by atoms with Gasteiger partial charge in [-0.05, 0) is 58.7 Å². The topological polar surface area (TPSA) is 71.2 Å². The Hall–Kier alpha value is -2.59. The molecule has 5 nitrogen and oxygen atoms in total. The molecule has 1 atom stereocenters. The number of nitrogens with one attached hydrogen (secondary N) is 2. The maximum Gasteiger partial charge on any atom is 0.412 e. The first-order valence-electron chi connectivity index (χ1n) is 8.83. The van der Waals surface area contributed by atoms with Crippen LogP contribution in [0.2, 0.25) is 5.02 Å². The molecule has 1 amide bonds. The van der Waals surface area contributed by atoms with E-state index in [1.165, 1.54) is 18.2 Å². The monoisotopic (exact) mass is 520 g/mol. The molecular formula is C20H14BrClF4N2O3. The number of aromatic amines is 1. The van der Waals surface area contributed by atoms with Crippen LogP contribution in [0.5, 0.6) is 0 Å². The van der Waals surface area contributed by atoms with Gasteiger partial charge in [-0.15, -0.1) is 0 Å². The first-order valence-corrected chi connectivity index (χ1v) is 10.00. The molecule has 1 unspecified atom stereocenters. The van der Waals surface area contributed by atoms with Crippen molar-refractivity contribution in [3.8, 4) is 0 Å². The van der Waals surface area contributed by atoms with Gasteiger partial charge in [0, 0.05) is 10.9 Å². The van der Waals surface area contributed by atoms with Crippen molar-refractivity contribution in [1.82, 2.24) is 10.3 Å². The number of hydrogen-bond donors (Lipinski definition) is 2. The van der Waals surface area contributed by atoms with E-state index in [0.717, 1.165) is 18.2 Å². The Morgan fingerprint density at radius 1 is 1.23 bits per heavy atom. The van der Waals surface area contributed by atoms with E-state index in [9.17, 15) is 27.2 Å². The van der Waals surface area contributed by atoms with Crippen LogP contribution >= 0.6 is 27.5 Å². The van der Waals surface area contributed by atoms with Crippen LogP contribution in [0.15, 0.2) is 40.9 Å². The van der Waals surface area contributed by atoms with E-state index in [1.807, 2.05) is 5.32 Å². The van der Waals surface area contributed by atoms with Crippen molar-refractivity contribution in [2.75, 3.05) is 6.61 Å². The molecule has 2 aromatic carbocycles. The van der Waals surface area contributed by atoms with Crippen molar-refractivity contribution in [3.05, 3.63) is 68.5 Å². The van der Waals surface area contributed by atoms with Gasteiger partial charge in [-0.1, -0.05) is 17.7 Å². The fourth-order valence-corrected chi connectivity index (χ4v) is 3.53. The quantitative estimate of drug-likeness (QED) is 0.323. The molecule has 0 aliphatic carbocycles. The Morgan fingerprint density at radius 2 is 1.94 bits per heavy atom. The highest BCUT2D eigenvalue weighted by Gasteiger charge is 2.42. The largest absolute Gasteiger partial charge is 0.462 e. The summed E-state index contributed by atoms with van der Waals surface area (Å²) >= 11 is 8.91. The van der Waals surface area contributed by atoms with Gasteiger partial charge >= 0.3 is 12.1 Å². The van der Waals surface area contributed by atoms with Crippen molar-refractivity contribution in [1.29, 1.82) is 0 Å². The number of carbonyl (C=O) groups is 2. The number of benzene rings is 2. The SMILES string of the molecule is CCOC(=O)c1cc2cc(C(=O)NC(c3ccc(F)c(Br)c3)C(F)(F)F)[nH]c2cc1Cl. The summed E-state index contributed by atoms with van der Waals surface area (Å²) in [6.07, 6.45) is -4.83. The van der Waals surface area contributed by atoms with Gasteiger partial charge in [-0.3, -0.25) is 4.79 Å². The third-order valence-corrected chi connectivity index (χ3v) is 5.25. The van der Waals surface area contributed by atoms with Crippen LogP contribution in [0.3, 0.4) is 0 Å². The molecular weight excluding hydrogens is 508 g/mol. The number of amides is 1. The van der Waals surface area contributed by atoms with E-state index in [1.54, 1.807) is 6.92 Å². The molecule has 11 heteroatoms. The Morgan fingerprint density at radius 3 is 2.55 bits per heavy atom. The lowest BCUT2D eigenvalue weighted by Crippen LogP contribution is -2.38. The van der Waals surface area contributed by atoms with Crippen LogP contribution in [0.4, 0.5) is 17.6 Å². The van der Waals surface area contributed by atoms with Crippen LogP contribution in [-0.2, 0) is 4.74 Å². The minimum Gasteiger partial charge on any atom is -0.462 e. The molecule has 164 valence electrons. The van der Waals surface area contributed by atoms with E-state index in [-0.39, 0.29) is 32.9 Å². The number of halogens is 6. The third kappa shape index (κ3) is 5.01. The summed E-state index contributed by atoms with van der Waals surface area (Å²) in [5, 5.41) is 2.35. The average molecular weight is 522 g/mol. The third-order valence-electron chi connectivity index (χ3n) is 4.33. The number of hydrogen-bond acceptors (Lipinski definition) is 3. The van der Waals surface area contributed by atoms with Gasteiger partial charge in [0.1, 0.15) is 11.5 Å². The minimum absolute atomic E-state index is 0.0593. The first kappa shape index (κ1) is 23.1. The van der Waals surface area contributed by atoms with Crippen molar-refractivity contribution in [3.63, 3.8) is 0 Å². The summed E-state index contributed by atoms with van der Waals surface area (Å²) in [5.41, 5.74) is -0.122. The molecule has 0 radical (unpaired) electrons. The lowest BCUT2D eigenvalue weighted by molar-refractivity contribution is -0.155. The maximum atomic E-state index is 13.6. The molecule has 0 aliphatic heterocycles. The average Bonchev–Trinajstić information content (AvgIpc) is 3.09. The highest BCUT2D eigenvalue weighted by atomic mass is 79.9. The van der Waals surface area contributed by atoms with Gasteiger partial charge in [-0.2, -0.15) is 13.2 Å². The summed E-state index contributed by atoms with van der Waals surface area (Å²) in [6.45, 7) is 1.76. The van der Waals surface area contributed by atoms with Crippen molar-refractivity contribution < 1.29 is 31.9 Å². The maximum absolute atomic E-state index is 13.6. The normalized spacial score (nSPS) is 12.6. The molecule has 0 saturated heterocycles. The van der Waals surface area contributed by atoms with Crippen molar-refractivity contribution in [2.24, 2.45) is 0 Å². The molecule has 0 fully saturated rings. The van der Waals surface area contributed by atoms with Crippen LogP contribution in [0.1, 0.15) is 39.4 Å². The Kier molecular flexibility index (Phi) is 6.61. The van der Waals surface area contributed by atoms with Gasteiger partial charge in [0.05, 0.1) is 21.7 Å². The second kappa shape index (κ2) is 8.88. The number of fused-ring (bicyclic) bond motifs is 1. The molecule has 3 rings (SSSR count). The van der Waals surface area contributed by atoms with Crippen molar-refractivity contribution >= 4 is 50.3 Å². The molecule has 0 saturated carbocycles. The van der Waals surface area contributed by atoms with Gasteiger partial charge in [0.2, 0.25) is 0 Å². The summed E-state index contributed by atoms with van der Waals surface area (Å²) in [7, 11) is 0. The fourth-order valence-electron chi connectivity index (χ4n) is 2.90. The number of H-pyrrole nitrogens is 1. The van der Waals surface area contributed by atoms with E-state index < -0.39 is 29.9 Å². The number of aromatic nitrogens is 1. The number of alkyl halides is 3. The second-order valence-corrected chi connectivity index (χ2v) is 7.71. The van der Waals surface area contributed by atoms with E-state index >= 15 is 0 Å². The van der Waals surface area contributed by atoms with Gasteiger partial charge < -0.3 is 15.0 Å². The van der Waals surface area contributed by atoms with Crippen molar-refractivity contribution in [2.45, 2.75) is 19.1 Å². The van der Waals surface area contributed by atoms with Crippen LogP contribution in [-0.4, -0.2) is 29.6 Å². The summed E-state index contributed by atoms with van der Waals surface area (Å²) in [5.74, 6) is -2.45. The zero-order valence-corrected chi connectivity index (χ0v) is 18.1. The molecule has 0 bridgehead atoms. The molecule has 3 aromatic rings. The van der Waals surface area contributed by atoms with Crippen LogP contribution in [0.25, 0.3) is 10.9 Å². The highest BCUT2D eigenvalue weighted by molar-refractivity contribution is 9.10. The predicted molar refractivity (Wildman–Crippen MR) is 110 cm³/mol. The Bertz CT molecular complexity index is 1160. The molecule has 31 heavy (non-hydrogen) atoms. The molecule has 0 spiro atoms. The summed E-state index contributed by atoms with van der Waals surface area (Å²) in [4.78, 5) is 27.2. The molecule has 0 aliphatic rings. The standard InChI is InChI=1S/C20H14BrClF4N2O3/c1-2-31-19(30)11-5-10-7-16(27-15(10)8-13(11)22)18(29)28-17(20(24,25)26)9-3-4-14(23)12(21)6-9/h3-8,17,27H,2H2,1H3,(H,28,29). The number of esters is 1. The summed E-state index contributed by atoms with van der Waals surface area (Å²) in [6, 6.07) is 4.42. The van der Waals surface area contributed by atoms with Crippen LogP contribution in [0, 0.1) is 5.82 Å². The number of ether oxygens (including phenoxy) is 1. The molecule has 1 heterocycles. The molecule has 2 N–H and O–H groups in total. The molecule has 1 aromatic heterocycles. The number of carbonyl (C=O) groups excluding carboxylic acids is 2. The predicted octanol–water partition coefficient (Wildman–Crippen LogP) is 5.93. The van der Waals surface area contributed by atoms with Gasteiger partial charge in [0.15, 0.2) is 6.04 Å². The zero-order valence-electron chi connectivity index (χ0n) is 15.7. The zero-order chi connectivity index (χ0) is 22.9. The lowest BCUT2D eigenvalue weighted by Gasteiger charge is -2.22. The first-order chi connectivity index (χ1) is 14.5. The van der Waals surface area contributed by atoms with E-state index in [0.29, 0.717) is 10.9 Å². The number of rotatable bonds is 5. The minimum atomic E-state index is -4.83. The fraction of sp³-hybridized carbons (Fsp3) is 0.200. The Labute approximate surface area is 186 Å². The lowest BCUT2D eigenvalue weighted by atomic mass is 10.1. The smallest absolute Gasteiger partial charge is 0.412 e.